The maximum absolute atomic E-state index is 12.9. The van der Waals surface area contributed by atoms with Gasteiger partial charge in [0.25, 0.3) is 5.92 Å². The first-order chi connectivity index (χ1) is 6.57. The Labute approximate surface area is 80.9 Å². The van der Waals surface area contributed by atoms with E-state index in [9.17, 15) is 8.78 Å². The topological polar surface area (TPSA) is 21.3 Å². The second-order valence-electron chi connectivity index (χ2n) is 3.37. The third-order valence-corrected chi connectivity index (χ3v) is 2.16. The molecular weight excluding hydrogens is 188 g/mol. The van der Waals surface area contributed by atoms with Crippen LogP contribution in [0.4, 0.5) is 14.5 Å². The van der Waals surface area contributed by atoms with Crippen LogP contribution in [0.1, 0.15) is 12.5 Å². The number of alkyl halides is 2. The zero-order valence-corrected chi connectivity index (χ0v) is 7.81. The standard InChI is InChI=1S/C10H11F2NO/c1-10(11,12)7-2-3-8-9(6-7)14-5-4-13-8/h2-3,6,13H,4-5H2,1H3. The van der Waals surface area contributed by atoms with Crippen LogP contribution in [0.5, 0.6) is 5.75 Å². The molecule has 0 amide bonds. The van der Waals surface area contributed by atoms with E-state index in [0.29, 0.717) is 12.4 Å². The highest BCUT2D eigenvalue weighted by Crippen LogP contribution is 2.34. The molecule has 2 nitrogen and oxygen atoms in total. The van der Waals surface area contributed by atoms with Gasteiger partial charge < -0.3 is 10.1 Å². The molecule has 4 heteroatoms. The first-order valence-electron chi connectivity index (χ1n) is 4.46. The zero-order chi connectivity index (χ0) is 10.2. The van der Waals surface area contributed by atoms with E-state index in [-0.39, 0.29) is 5.56 Å². The van der Waals surface area contributed by atoms with Gasteiger partial charge in [-0.05, 0) is 12.1 Å². The lowest BCUT2D eigenvalue weighted by Gasteiger charge is -2.21. The number of benzene rings is 1. The van der Waals surface area contributed by atoms with Crippen molar-refractivity contribution in [1.82, 2.24) is 0 Å². The van der Waals surface area contributed by atoms with E-state index in [4.69, 9.17) is 4.74 Å². The third kappa shape index (κ3) is 1.64. The Kier molecular flexibility index (Phi) is 2.06. The molecule has 76 valence electrons. The summed E-state index contributed by atoms with van der Waals surface area (Å²) in [6.45, 7) is 2.12. The molecule has 0 aromatic heterocycles. The van der Waals surface area contributed by atoms with Gasteiger partial charge in [0.05, 0.1) is 5.69 Å². The molecule has 1 aliphatic heterocycles. The van der Waals surface area contributed by atoms with Crippen LogP contribution >= 0.6 is 0 Å². The number of halogens is 2. The molecular formula is C10H11F2NO. The van der Waals surface area contributed by atoms with Crippen molar-refractivity contribution in [2.24, 2.45) is 0 Å². The Balaban J connectivity index is 2.39. The minimum absolute atomic E-state index is 0.0139. The van der Waals surface area contributed by atoms with E-state index in [1.165, 1.54) is 12.1 Å². The molecule has 1 aliphatic rings. The molecule has 0 spiro atoms. The molecule has 0 bridgehead atoms. The lowest BCUT2D eigenvalue weighted by Crippen LogP contribution is -2.18. The molecule has 0 aliphatic carbocycles. The van der Waals surface area contributed by atoms with Gasteiger partial charge in [-0.2, -0.15) is 0 Å². The highest BCUT2D eigenvalue weighted by molar-refractivity contribution is 5.59. The SMILES string of the molecule is CC(F)(F)c1ccc2c(c1)OCCN2. The fourth-order valence-corrected chi connectivity index (χ4v) is 1.41. The van der Waals surface area contributed by atoms with Gasteiger partial charge in [-0.1, -0.05) is 6.07 Å². The lowest BCUT2D eigenvalue weighted by molar-refractivity contribution is 0.0172. The van der Waals surface area contributed by atoms with Gasteiger partial charge in [0.15, 0.2) is 0 Å². The average Bonchev–Trinajstić information content (AvgIpc) is 2.16. The van der Waals surface area contributed by atoms with Crippen LogP contribution in [0.3, 0.4) is 0 Å². The van der Waals surface area contributed by atoms with Crippen LogP contribution in [-0.2, 0) is 5.92 Å². The molecule has 1 N–H and O–H groups in total. The van der Waals surface area contributed by atoms with Crippen LogP contribution < -0.4 is 10.1 Å². The van der Waals surface area contributed by atoms with Crippen LogP contribution in [0.15, 0.2) is 18.2 Å². The summed E-state index contributed by atoms with van der Waals surface area (Å²) in [5.74, 6) is -2.30. The van der Waals surface area contributed by atoms with Gasteiger partial charge in [-0.15, -0.1) is 0 Å². The lowest BCUT2D eigenvalue weighted by atomic mass is 10.1. The van der Waals surface area contributed by atoms with Crippen molar-refractivity contribution in [3.8, 4) is 5.75 Å². The maximum Gasteiger partial charge on any atom is 0.270 e. The van der Waals surface area contributed by atoms with E-state index in [1.54, 1.807) is 6.07 Å². The van der Waals surface area contributed by atoms with Gasteiger partial charge in [0.2, 0.25) is 0 Å². The quantitative estimate of drug-likeness (QED) is 0.750. The van der Waals surface area contributed by atoms with Crippen LogP contribution in [0, 0.1) is 0 Å². The molecule has 0 radical (unpaired) electrons. The first-order valence-corrected chi connectivity index (χ1v) is 4.46. The number of fused-ring (bicyclic) bond motifs is 1. The summed E-state index contributed by atoms with van der Waals surface area (Å²) in [7, 11) is 0. The van der Waals surface area contributed by atoms with E-state index in [1.807, 2.05) is 0 Å². The Morgan fingerprint density at radius 1 is 1.43 bits per heavy atom. The first kappa shape index (κ1) is 9.24. The fraction of sp³-hybridized carbons (Fsp3) is 0.400. The van der Waals surface area contributed by atoms with Gasteiger partial charge >= 0.3 is 0 Å². The minimum Gasteiger partial charge on any atom is -0.490 e. The van der Waals surface area contributed by atoms with Crippen molar-refractivity contribution in [3.05, 3.63) is 23.8 Å². The molecule has 1 aromatic carbocycles. The summed E-state index contributed by atoms with van der Waals surface area (Å²) in [4.78, 5) is 0. The maximum atomic E-state index is 12.9. The molecule has 1 aromatic rings. The summed E-state index contributed by atoms with van der Waals surface area (Å²) in [6, 6.07) is 4.43. The second-order valence-corrected chi connectivity index (χ2v) is 3.37. The molecule has 0 unspecified atom stereocenters. The van der Waals surface area contributed by atoms with Gasteiger partial charge in [0.1, 0.15) is 12.4 Å². The van der Waals surface area contributed by atoms with Gasteiger partial charge in [-0.3, -0.25) is 0 Å². The van der Waals surface area contributed by atoms with Crippen molar-refractivity contribution >= 4 is 5.69 Å². The monoisotopic (exact) mass is 199 g/mol. The Morgan fingerprint density at radius 3 is 2.93 bits per heavy atom. The van der Waals surface area contributed by atoms with E-state index in [2.05, 4.69) is 5.32 Å². The van der Waals surface area contributed by atoms with Crippen molar-refractivity contribution in [2.45, 2.75) is 12.8 Å². The van der Waals surface area contributed by atoms with Crippen molar-refractivity contribution in [2.75, 3.05) is 18.5 Å². The Morgan fingerprint density at radius 2 is 2.21 bits per heavy atom. The number of ether oxygens (including phenoxy) is 1. The van der Waals surface area contributed by atoms with Gasteiger partial charge in [0, 0.05) is 19.0 Å². The summed E-state index contributed by atoms with van der Waals surface area (Å²) in [6.07, 6.45) is 0. The third-order valence-electron chi connectivity index (χ3n) is 2.16. The summed E-state index contributed by atoms with van der Waals surface area (Å²) < 4.78 is 31.2. The molecule has 0 saturated heterocycles. The number of anilines is 1. The smallest absolute Gasteiger partial charge is 0.270 e. The summed E-state index contributed by atoms with van der Waals surface area (Å²) in [5, 5.41) is 3.07. The Hall–Kier alpha value is -1.32. The van der Waals surface area contributed by atoms with Crippen LogP contribution in [-0.4, -0.2) is 13.2 Å². The summed E-state index contributed by atoms with van der Waals surface area (Å²) in [5.41, 5.74) is 0.768. The largest absolute Gasteiger partial charge is 0.490 e. The minimum atomic E-state index is -2.81. The predicted octanol–water partition coefficient (Wildman–Crippen LogP) is 2.60. The number of rotatable bonds is 1. The molecule has 0 atom stereocenters. The Bertz CT molecular complexity index is 346. The van der Waals surface area contributed by atoms with Gasteiger partial charge in [-0.25, -0.2) is 8.78 Å². The normalized spacial score (nSPS) is 15.4. The van der Waals surface area contributed by atoms with Crippen molar-refractivity contribution in [3.63, 3.8) is 0 Å². The molecule has 1 heterocycles. The van der Waals surface area contributed by atoms with Crippen molar-refractivity contribution < 1.29 is 13.5 Å². The van der Waals surface area contributed by atoms with E-state index < -0.39 is 5.92 Å². The number of hydrogen-bond donors (Lipinski definition) is 1. The summed E-state index contributed by atoms with van der Waals surface area (Å²) >= 11 is 0. The molecule has 0 saturated carbocycles. The molecule has 0 fully saturated rings. The van der Waals surface area contributed by atoms with Crippen molar-refractivity contribution in [1.29, 1.82) is 0 Å². The number of nitrogens with one attached hydrogen (secondary N) is 1. The molecule has 2 rings (SSSR count). The van der Waals surface area contributed by atoms with E-state index >= 15 is 0 Å². The average molecular weight is 199 g/mol. The fourth-order valence-electron chi connectivity index (χ4n) is 1.41. The highest BCUT2D eigenvalue weighted by atomic mass is 19.3. The number of hydrogen-bond acceptors (Lipinski definition) is 2. The van der Waals surface area contributed by atoms with E-state index in [0.717, 1.165) is 19.2 Å². The second kappa shape index (κ2) is 3.12. The zero-order valence-electron chi connectivity index (χ0n) is 7.81. The van der Waals surface area contributed by atoms with Crippen LogP contribution in [0.2, 0.25) is 0 Å². The molecule has 14 heavy (non-hydrogen) atoms. The predicted molar refractivity (Wildman–Crippen MR) is 50.0 cm³/mol. The highest BCUT2D eigenvalue weighted by Gasteiger charge is 2.25. The van der Waals surface area contributed by atoms with Crippen LogP contribution in [0.25, 0.3) is 0 Å².